The first-order valence-electron chi connectivity index (χ1n) is 6.35. The summed E-state index contributed by atoms with van der Waals surface area (Å²) in [5.74, 6) is -8.96. The second-order valence-corrected chi connectivity index (χ2v) is 5.63. The monoisotopic (exact) mass is 377 g/mol. The van der Waals surface area contributed by atoms with Gasteiger partial charge in [-0.05, 0) is 12.1 Å². The molecule has 0 aromatic heterocycles. The van der Waals surface area contributed by atoms with Crippen LogP contribution >= 0.6 is 0 Å². The molecule has 0 spiro atoms. The Labute approximate surface area is 140 Å². The lowest BCUT2D eigenvalue weighted by Crippen LogP contribution is -2.14. The highest BCUT2D eigenvalue weighted by Crippen LogP contribution is 2.22. The Hall–Kier alpha value is -2.82. The van der Waals surface area contributed by atoms with Crippen LogP contribution in [-0.2, 0) is 11.0 Å². The number of nitrogens with two attached hydrogens (primary N) is 1. The molecule has 25 heavy (non-hydrogen) atoms. The normalized spacial score (nSPS) is 12.4. The van der Waals surface area contributed by atoms with Gasteiger partial charge in [0.15, 0.2) is 40.1 Å². The summed E-state index contributed by atoms with van der Waals surface area (Å²) in [4.78, 5) is 11.3. The second kappa shape index (κ2) is 7.38. The van der Waals surface area contributed by atoms with E-state index in [4.69, 9.17) is 5.73 Å². The molecule has 5 nitrogen and oxygen atoms in total. The van der Waals surface area contributed by atoms with Crippen molar-refractivity contribution < 1.29 is 31.0 Å². The minimum absolute atomic E-state index is 0.464. The van der Waals surface area contributed by atoms with Crippen LogP contribution in [0.1, 0.15) is 10.4 Å². The van der Waals surface area contributed by atoms with Crippen molar-refractivity contribution in [1.82, 2.24) is 0 Å². The molecule has 0 saturated heterocycles. The van der Waals surface area contributed by atoms with E-state index >= 15 is 0 Å². The summed E-state index contributed by atoms with van der Waals surface area (Å²) in [6.45, 7) is 0. The molecule has 0 aliphatic heterocycles. The molecule has 132 valence electrons. The third kappa shape index (κ3) is 3.99. The smallest absolute Gasteiger partial charge is 0.255 e. The fourth-order valence-corrected chi connectivity index (χ4v) is 2.47. The van der Waals surface area contributed by atoms with E-state index in [-0.39, 0.29) is 0 Å². The molecule has 2 aromatic carbocycles. The van der Waals surface area contributed by atoms with Crippen LogP contribution in [0.15, 0.2) is 33.6 Å². The topological polar surface area (TPSA) is 84.5 Å². The van der Waals surface area contributed by atoms with Crippen LogP contribution in [0.2, 0.25) is 0 Å². The van der Waals surface area contributed by atoms with Gasteiger partial charge >= 0.3 is 0 Å². The van der Waals surface area contributed by atoms with Gasteiger partial charge < -0.3 is 11.1 Å². The summed E-state index contributed by atoms with van der Waals surface area (Å²) in [6.07, 6.45) is 0.601. The Balaban J connectivity index is 2.38. The molecule has 1 unspecified atom stereocenters. The molecule has 0 saturated carbocycles. The maximum absolute atomic E-state index is 13.6. The Morgan fingerprint density at radius 2 is 1.56 bits per heavy atom. The van der Waals surface area contributed by atoms with Crippen LogP contribution < -0.4 is 11.1 Å². The molecule has 1 amide bonds. The molecular formula is C14H8F5N3O2S. The van der Waals surface area contributed by atoms with Crippen molar-refractivity contribution in [2.75, 3.05) is 5.32 Å². The number of hydrogen-bond acceptors (Lipinski definition) is 2. The Bertz CT molecular complexity index is 881. The van der Waals surface area contributed by atoms with Crippen LogP contribution in [0.4, 0.5) is 27.6 Å². The van der Waals surface area contributed by atoms with E-state index < -0.39 is 62.1 Å². The minimum Gasteiger partial charge on any atom is -0.389 e. The van der Waals surface area contributed by atoms with Gasteiger partial charge in [-0.15, -0.1) is 0 Å². The lowest BCUT2D eigenvalue weighted by Gasteiger charge is -2.08. The molecule has 0 aliphatic rings. The fraction of sp³-hybridized carbons (Fsp3) is 0. The number of rotatable bonds is 4. The number of benzene rings is 2. The number of amides is 1. The first-order valence-corrected chi connectivity index (χ1v) is 7.46. The van der Waals surface area contributed by atoms with Crippen LogP contribution in [-0.4, -0.2) is 16.5 Å². The van der Waals surface area contributed by atoms with Gasteiger partial charge in [0.25, 0.3) is 5.91 Å². The van der Waals surface area contributed by atoms with Crippen molar-refractivity contribution >= 4 is 28.9 Å². The number of nitrogens with zero attached hydrogens (tertiary/aromatic N) is 1. The zero-order valence-corrected chi connectivity index (χ0v) is 12.8. The first-order chi connectivity index (χ1) is 11.7. The van der Waals surface area contributed by atoms with Crippen molar-refractivity contribution in [3.8, 4) is 0 Å². The maximum Gasteiger partial charge on any atom is 0.255 e. The number of anilines is 1. The molecule has 0 aliphatic carbocycles. The third-order valence-electron chi connectivity index (χ3n) is 2.84. The van der Waals surface area contributed by atoms with E-state index in [1.54, 1.807) is 0 Å². The molecular weight excluding hydrogens is 369 g/mol. The third-order valence-corrected chi connectivity index (χ3v) is 3.83. The van der Waals surface area contributed by atoms with Crippen molar-refractivity contribution in [2.24, 2.45) is 10.1 Å². The molecule has 3 N–H and O–H groups in total. The van der Waals surface area contributed by atoms with Gasteiger partial charge in [-0.3, -0.25) is 4.79 Å². The predicted octanol–water partition coefficient (Wildman–Crippen LogP) is 2.64. The number of carbonyl (C=O) groups excluding carboxylic acids is 1. The molecule has 0 bridgehead atoms. The number of hydrogen-bond donors (Lipinski definition) is 2. The standard InChI is InChI=1S/C14H8F5N3O2S/c15-8-1-6(2-11(13(8)19)25(24)21-5-20)14(23)22-7-3-9(16)12(18)10(17)4-7/h1-5H,(H2,20,21)(H,22,23). The van der Waals surface area contributed by atoms with Crippen LogP contribution in [0, 0.1) is 29.1 Å². The highest BCUT2D eigenvalue weighted by Gasteiger charge is 2.20. The van der Waals surface area contributed by atoms with Gasteiger partial charge in [0.1, 0.15) is 4.90 Å². The predicted molar refractivity (Wildman–Crippen MR) is 79.7 cm³/mol. The first kappa shape index (κ1) is 18.5. The summed E-state index contributed by atoms with van der Waals surface area (Å²) < 4.78 is 81.1. The molecule has 2 aromatic rings. The second-order valence-electron chi connectivity index (χ2n) is 4.48. The Kier molecular flexibility index (Phi) is 5.47. The van der Waals surface area contributed by atoms with E-state index in [2.05, 4.69) is 4.40 Å². The van der Waals surface area contributed by atoms with E-state index in [1.807, 2.05) is 5.32 Å². The fourth-order valence-electron chi connectivity index (χ4n) is 1.77. The van der Waals surface area contributed by atoms with Gasteiger partial charge in [-0.2, -0.15) is 4.40 Å². The molecule has 11 heteroatoms. The van der Waals surface area contributed by atoms with E-state index in [0.29, 0.717) is 24.5 Å². The van der Waals surface area contributed by atoms with Gasteiger partial charge in [0.2, 0.25) is 0 Å². The quantitative estimate of drug-likeness (QED) is 0.372. The lowest BCUT2D eigenvalue weighted by molar-refractivity contribution is 0.102. The maximum atomic E-state index is 13.6. The SMILES string of the molecule is N/C=N/S(=O)c1cc(C(=O)Nc2cc(F)c(F)c(F)c2)cc(F)c1F. The van der Waals surface area contributed by atoms with Crippen LogP contribution in [0.25, 0.3) is 0 Å². The van der Waals surface area contributed by atoms with Crippen LogP contribution in [0.5, 0.6) is 0 Å². The van der Waals surface area contributed by atoms with E-state index in [9.17, 15) is 31.0 Å². The number of nitrogens with one attached hydrogen (secondary N) is 1. The summed E-state index contributed by atoms with van der Waals surface area (Å²) in [7, 11) is -2.41. The summed E-state index contributed by atoms with van der Waals surface area (Å²) in [6, 6.07) is 2.20. The molecule has 0 heterocycles. The van der Waals surface area contributed by atoms with Crippen molar-refractivity contribution in [3.63, 3.8) is 0 Å². The minimum atomic E-state index is -2.41. The zero-order valence-electron chi connectivity index (χ0n) is 12.0. The average molecular weight is 377 g/mol. The lowest BCUT2D eigenvalue weighted by atomic mass is 10.2. The molecule has 0 radical (unpaired) electrons. The highest BCUT2D eigenvalue weighted by atomic mass is 32.2. The summed E-state index contributed by atoms with van der Waals surface area (Å²) in [5, 5.41) is 1.98. The molecule has 1 atom stereocenters. The van der Waals surface area contributed by atoms with Gasteiger partial charge in [-0.25, -0.2) is 26.2 Å². The highest BCUT2D eigenvalue weighted by molar-refractivity contribution is 7.83. The van der Waals surface area contributed by atoms with E-state index in [1.165, 1.54) is 0 Å². The van der Waals surface area contributed by atoms with Crippen molar-refractivity contribution in [3.05, 3.63) is 58.9 Å². The Morgan fingerprint density at radius 1 is 1.00 bits per heavy atom. The van der Waals surface area contributed by atoms with Gasteiger partial charge in [0.05, 0.1) is 6.34 Å². The average Bonchev–Trinajstić information content (AvgIpc) is 2.55. The zero-order chi connectivity index (χ0) is 18.7. The van der Waals surface area contributed by atoms with Gasteiger partial charge in [0, 0.05) is 23.4 Å². The molecule has 0 fully saturated rings. The van der Waals surface area contributed by atoms with Crippen molar-refractivity contribution in [1.29, 1.82) is 0 Å². The summed E-state index contributed by atoms with van der Waals surface area (Å²) in [5.41, 5.74) is 3.94. The van der Waals surface area contributed by atoms with Crippen molar-refractivity contribution in [2.45, 2.75) is 4.90 Å². The number of carbonyl (C=O) groups is 1. The summed E-state index contributed by atoms with van der Waals surface area (Å²) >= 11 is 0. The number of halogens is 5. The van der Waals surface area contributed by atoms with Crippen LogP contribution in [0.3, 0.4) is 0 Å². The van der Waals surface area contributed by atoms with E-state index in [0.717, 1.165) is 6.07 Å². The van der Waals surface area contributed by atoms with Gasteiger partial charge in [-0.1, -0.05) is 0 Å². The largest absolute Gasteiger partial charge is 0.389 e. The Morgan fingerprint density at radius 3 is 2.12 bits per heavy atom. The molecule has 2 rings (SSSR count).